The van der Waals surface area contributed by atoms with Crippen LogP contribution in [0.2, 0.25) is 0 Å². The SMILES string of the molecule is CCCCNC(=O)CN(Cc1cccc(-c2cc(F)ccc2OC(C)=O)c1)C(=O)OCCCC. The average molecular weight is 473 g/mol. The summed E-state index contributed by atoms with van der Waals surface area (Å²) in [5.41, 5.74) is 1.73. The lowest BCUT2D eigenvalue weighted by atomic mass is 10.0. The number of nitrogens with zero attached hydrogens (tertiary/aromatic N) is 1. The Morgan fingerprint density at radius 3 is 2.50 bits per heavy atom. The summed E-state index contributed by atoms with van der Waals surface area (Å²) in [7, 11) is 0. The Hall–Kier alpha value is -3.42. The van der Waals surface area contributed by atoms with Crippen LogP contribution >= 0.6 is 0 Å². The summed E-state index contributed by atoms with van der Waals surface area (Å²) >= 11 is 0. The predicted molar refractivity (Wildman–Crippen MR) is 128 cm³/mol. The molecule has 0 aliphatic heterocycles. The van der Waals surface area contributed by atoms with Gasteiger partial charge in [0.2, 0.25) is 5.91 Å². The van der Waals surface area contributed by atoms with Crippen LogP contribution < -0.4 is 10.1 Å². The first kappa shape index (κ1) is 26.8. The zero-order chi connectivity index (χ0) is 24.9. The Balaban J connectivity index is 2.25. The molecule has 0 fully saturated rings. The molecule has 2 amide bonds. The number of rotatable bonds is 12. The van der Waals surface area contributed by atoms with Gasteiger partial charge in [0.05, 0.1) is 6.61 Å². The number of ether oxygens (including phenoxy) is 2. The number of esters is 1. The summed E-state index contributed by atoms with van der Waals surface area (Å²) in [4.78, 5) is 37.9. The fourth-order valence-corrected chi connectivity index (χ4v) is 3.24. The summed E-state index contributed by atoms with van der Waals surface area (Å²) in [5, 5.41) is 2.81. The fourth-order valence-electron chi connectivity index (χ4n) is 3.24. The van der Waals surface area contributed by atoms with Crippen molar-refractivity contribution in [3.63, 3.8) is 0 Å². The van der Waals surface area contributed by atoms with Gasteiger partial charge in [0, 0.05) is 25.6 Å². The van der Waals surface area contributed by atoms with E-state index < -0.39 is 17.9 Å². The van der Waals surface area contributed by atoms with E-state index in [-0.39, 0.29) is 31.4 Å². The summed E-state index contributed by atoms with van der Waals surface area (Å²) in [5.74, 6) is -1.02. The van der Waals surface area contributed by atoms with Gasteiger partial charge in [0.1, 0.15) is 18.1 Å². The van der Waals surface area contributed by atoms with Gasteiger partial charge < -0.3 is 14.8 Å². The second kappa shape index (κ2) is 14.0. The lowest BCUT2D eigenvalue weighted by molar-refractivity contribution is -0.131. The third-order valence-corrected chi connectivity index (χ3v) is 4.98. The van der Waals surface area contributed by atoms with E-state index in [0.717, 1.165) is 25.7 Å². The molecule has 0 saturated carbocycles. The van der Waals surface area contributed by atoms with E-state index in [1.54, 1.807) is 24.3 Å². The summed E-state index contributed by atoms with van der Waals surface area (Å²) in [6, 6.07) is 11.0. The summed E-state index contributed by atoms with van der Waals surface area (Å²) in [6.45, 7) is 6.10. The molecule has 184 valence electrons. The van der Waals surface area contributed by atoms with Crippen LogP contribution in [0.5, 0.6) is 5.75 Å². The van der Waals surface area contributed by atoms with Crippen LogP contribution in [0.3, 0.4) is 0 Å². The van der Waals surface area contributed by atoms with E-state index in [4.69, 9.17) is 9.47 Å². The third-order valence-electron chi connectivity index (χ3n) is 4.98. The number of benzene rings is 2. The number of hydrogen-bond donors (Lipinski definition) is 1. The maximum absolute atomic E-state index is 14.0. The largest absolute Gasteiger partial charge is 0.449 e. The molecule has 0 aliphatic rings. The molecule has 0 aromatic heterocycles. The Labute approximate surface area is 200 Å². The van der Waals surface area contributed by atoms with Gasteiger partial charge in [-0.1, -0.05) is 44.9 Å². The Morgan fingerprint density at radius 2 is 1.79 bits per heavy atom. The molecule has 0 saturated heterocycles. The van der Waals surface area contributed by atoms with Crippen LogP contribution in [0.1, 0.15) is 52.0 Å². The molecule has 0 radical (unpaired) electrons. The molecule has 8 heteroatoms. The predicted octanol–water partition coefficient (Wildman–Crippen LogP) is 5.07. The molecular formula is C26H33FN2O5. The second-order valence-electron chi connectivity index (χ2n) is 7.96. The van der Waals surface area contributed by atoms with Crippen molar-refractivity contribution in [2.24, 2.45) is 0 Å². The Kier molecular flexibility index (Phi) is 11.0. The number of halogens is 1. The van der Waals surface area contributed by atoms with Crippen LogP contribution in [0, 0.1) is 5.82 Å². The highest BCUT2D eigenvalue weighted by Crippen LogP contribution is 2.31. The topological polar surface area (TPSA) is 84.9 Å². The van der Waals surface area contributed by atoms with Crippen LogP contribution in [-0.4, -0.2) is 42.6 Å². The lowest BCUT2D eigenvalue weighted by Crippen LogP contribution is -2.41. The lowest BCUT2D eigenvalue weighted by Gasteiger charge is -2.22. The van der Waals surface area contributed by atoms with Crippen molar-refractivity contribution < 1.29 is 28.2 Å². The molecule has 7 nitrogen and oxygen atoms in total. The van der Waals surface area contributed by atoms with Gasteiger partial charge in [-0.2, -0.15) is 0 Å². The Morgan fingerprint density at radius 1 is 1.03 bits per heavy atom. The summed E-state index contributed by atoms with van der Waals surface area (Å²) in [6.07, 6.45) is 2.84. The quantitative estimate of drug-likeness (QED) is 0.265. The van der Waals surface area contributed by atoms with Crippen molar-refractivity contribution in [3.8, 4) is 16.9 Å². The number of hydrogen-bond acceptors (Lipinski definition) is 5. The summed E-state index contributed by atoms with van der Waals surface area (Å²) < 4.78 is 24.5. The maximum atomic E-state index is 14.0. The first-order valence-electron chi connectivity index (χ1n) is 11.6. The van der Waals surface area contributed by atoms with Crippen LogP contribution in [0.15, 0.2) is 42.5 Å². The van der Waals surface area contributed by atoms with Crippen molar-refractivity contribution in [2.45, 2.75) is 53.0 Å². The zero-order valence-corrected chi connectivity index (χ0v) is 20.1. The van der Waals surface area contributed by atoms with Crippen molar-refractivity contribution in [2.75, 3.05) is 19.7 Å². The molecule has 0 atom stereocenters. The molecule has 2 rings (SSSR count). The van der Waals surface area contributed by atoms with E-state index in [1.165, 1.54) is 30.0 Å². The van der Waals surface area contributed by atoms with Gasteiger partial charge in [-0.05, 0) is 48.2 Å². The average Bonchev–Trinajstić information content (AvgIpc) is 2.80. The zero-order valence-electron chi connectivity index (χ0n) is 20.1. The first-order chi connectivity index (χ1) is 16.3. The van der Waals surface area contributed by atoms with Crippen LogP contribution in [0.25, 0.3) is 11.1 Å². The number of nitrogens with one attached hydrogen (secondary N) is 1. The van der Waals surface area contributed by atoms with Crippen LogP contribution in [-0.2, 0) is 20.9 Å². The van der Waals surface area contributed by atoms with Gasteiger partial charge in [-0.15, -0.1) is 0 Å². The molecule has 2 aromatic carbocycles. The normalized spacial score (nSPS) is 10.5. The number of carbonyl (C=O) groups is 3. The molecule has 34 heavy (non-hydrogen) atoms. The van der Waals surface area contributed by atoms with Gasteiger partial charge in [-0.25, -0.2) is 9.18 Å². The smallest absolute Gasteiger partial charge is 0.410 e. The van der Waals surface area contributed by atoms with Crippen LogP contribution in [0.4, 0.5) is 9.18 Å². The minimum atomic E-state index is -0.573. The second-order valence-corrected chi connectivity index (χ2v) is 7.96. The molecule has 0 heterocycles. The molecule has 0 aliphatic carbocycles. The molecular weight excluding hydrogens is 439 g/mol. The van der Waals surface area contributed by atoms with Crippen molar-refractivity contribution in [1.29, 1.82) is 0 Å². The fraction of sp³-hybridized carbons (Fsp3) is 0.423. The highest BCUT2D eigenvalue weighted by Gasteiger charge is 2.20. The van der Waals surface area contributed by atoms with E-state index in [0.29, 0.717) is 23.2 Å². The minimum absolute atomic E-state index is 0.123. The molecule has 2 aromatic rings. The minimum Gasteiger partial charge on any atom is -0.449 e. The van der Waals surface area contributed by atoms with E-state index in [9.17, 15) is 18.8 Å². The van der Waals surface area contributed by atoms with Gasteiger partial charge >= 0.3 is 12.1 Å². The van der Waals surface area contributed by atoms with Crippen molar-refractivity contribution >= 4 is 18.0 Å². The van der Waals surface area contributed by atoms with Crippen molar-refractivity contribution in [1.82, 2.24) is 10.2 Å². The maximum Gasteiger partial charge on any atom is 0.410 e. The molecule has 0 bridgehead atoms. The molecule has 0 unspecified atom stereocenters. The monoisotopic (exact) mass is 472 g/mol. The third kappa shape index (κ3) is 8.84. The molecule has 0 spiro atoms. The van der Waals surface area contributed by atoms with Gasteiger partial charge in [-0.3, -0.25) is 14.5 Å². The van der Waals surface area contributed by atoms with Gasteiger partial charge in [0.25, 0.3) is 0 Å². The number of amides is 2. The van der Waals surface area contributed by atoms with E-state index in [2.05, 4.69) is 5.32 Å². The number of unbranched alkanes of at least 4 members (excludes halogenated alkanes) is 2. The Bertz CT molecular complexity index is 979. The van der Waals surface area contributed by atoms with Crippen molar-refractivity contribution in [3.05, 3.63) is 53.8 Å². The highest BCUT2D eigenvalue weighted by atomic mass is 19.1. The van der Waals surface area contributed by atoms with E-state index >= 15 is 0 Å². The van der Waals surface area contributed by atoms with E-state index in [1.807, 2.05) is 13.8 Å². The molecule has 1 N–H and O–H groups in total. The standard InChI is InChI=1S/C26H33FN2O5/c1-4-6-13-28-25(31)18-29(26(32)33-14-7-5-2)17-20-9-8-10-21(15-20)23-16-22(27)11-12-24(23)34-19(3)30/h8-12,15-16H,4-7,13-14,17-18H2,1-3H3,(H,28,31). The first-order valence-corrected chi connectivity index (χ1v) is 11.6. The van der Waals surface area contributed by atoms with Gasteiger partial charge in [0.15, 0.2) is 0 Å². The highest BCUT2D eigenvalue weighted by molar-refractivity contribution is 5.82. The number of carbonyl (C=O) groups excluding carboxylic acids is 3.